The minimum Gasteiger partial charge on any atom is -0.382 e. The first-order chi connectivity index (χ1) is 16.1. The number of hydrogen-bond donors (Lipinski definition) is 2. The molecule has 0 spiro atoms. The van der Waals surface area contributed by atoms with E-state index in [1.165, 1.54) is 5.56 Å². The quantitative estimate of drug-likeness (QED) is 0.392. The number of carbonyl (C=O) groups excluding carboxylic acids is 1. The normalized spacial score (nSPS) is 13.0. The number of rotatable bonds is 5. The number of nitrogens with zero attached hydrogens (tertiary/aromatic N) is 2. The SMILES string of the molecule is O=C(Cc1ccc(Br)cc1)Nc1nc2c(nc1C(O)c1ccccc1)-c1ccccc1CC2. The Hall–Kier alpha value is -3.35. The minimum atomic E-state index is -1.01. The van der Waals surface area contributed by atoms with Gasteiger partial charge in [0, 0.05) is 10.0 Å². The number of aromatic nitrogens is 2. The van der Waals surface area contributed by atoms with Crippen LogP contribution >= 0.6 is 15.9 Å². The predicted molar refractivity (Wildman–Crippen MR) is 132 cm³/mol. The monoisotopic (exact) mass is 499 g/mol. The molecule has 1 aromatic heterocycles. The molecule has 6 heteroatoms. The largest absolute Gasteiger partial charge is 0.382 e. The van der Waals surface area contributed by atoms with Crippen LogP contribution in [0.2, 0.25) is 0 Å². The van der Waals surface area contributed by atoms with E-state index in [2.05, 4.69) is 27.3 Å². The van der Waals surface area contributed by atoms with Crippen molar-refractivity contribution < 1.29 is 9.90 Å². The lowest BCUT2D eigenvalue weighted by Crippen LogP contribution is -2.21. The van der Waals surface area contributed by atoms with Gasteiger partial charge in [-0.05, 0) is 41.7 Å². The number of aryl methyl sites for hydroxylation is 2. The highest BCUT2D eigenvalue weighted by Gasteiger charge is 2.26. The summed E-state index contributed by atoms with van der Waals surface area (Å²) < 4.78 is 0.959. The van der Waals surface area contributed by atoms with Crippen molar-refractivity contribution in [1.29, 1.82) is 0 Å². The average Bonchev–Trinajstić information content (AvgIpc) is 2.85. The molecular weight excluding hydrogens is 478 g/mol. The Bertz CT molecular complexity index is 1310. The Morgan fingerprint density at radius 1 is 0.939 bits per heavy atom. The smallest absolute Gasteiger partial charge is 0.229 e. The Balaban J connectivity index is 1.53. The maximum absolute atomic E-state index is 12.9. The fourth-order valence-corrected chi connectivity index (χ4v) is 4.40. The van der Waals surface area contributed by atoms with Gasteiger partial charge in [-0.25, -0.2) is 9.97 Å². The molecule has 33 heavy (non-hydrogen) atoms. The van der Waals surface area contributed by atoms with Gasteiger partial charge in [0.15, 0.2) is 5.82 Å². The Morgan fingerprint density at radius 3 is 2.45 bits per heavy atom. The molecule has 1 aliphatic carbocycles. The summed E-state index contributed by atoms with van der Waals surface area (Å²) in [6, 6.07) is 25.1. The van der Waals surface area contributed by atoms with Gasteiger partial charge in [0.1, 0.15) is 11.8 Å². The molecule has 0 bridgehead atoms. The number of fused-ring (bicyclic) bond motifs is 3. The van der Waals surface area contributed by atoms with Crippen LogP contribution in [0.15, 0.2) is 83.3 Å². The van der Waals surface area contributed by atoms with Crippen molar-refractivity contribution in [2.24, 2.45) is 0 Å². The minimum absolute atomic E-state index is 0.204. The van der Waals surface area contributed by atoms with Gasteiger partial charge in [0.25, 0.3) is 0 Å². The molecule has 3 aromatic carbocycles. The lowest BCUT2D eigenvalue weighted by atomic mass is 9.91. The predicted octanol–water partition coefficient (Wildman–Crippen LogP) is 5.27. The van der Waals surface area contributed by atoms with Crippen molar-refractivity contribution in [1.82, 2.24) is 9.97 Å². The van der Waals surface area contributed by atoms with E-state index in [1.54, 1.807) is 0 Å². The van der Waals surface area contributed by atoms with Crippen molar-refractivity contribution in [3.8, 4) is 11.3 Å². The molecule has 5 nitrogen and oxygen atoms in total. The average molecular weight is 500 g/mol. The Labute approximate surface area is 200 Å². The molecule has 1 aliphatic rings. The second-order valence-electron chi connectivity index (χ2n) is 8.07. The zero-order chi connectivity index (χ0) is 22.8. The number of halogens is 1. The summed E-state index contributed by atoms with van der Waals surface area (Å²) in [5.74, 6) is 0.107. The van der Waals surface area contributed by atoms with Gasteiger partial charge < -0.3 is 10.4 Å². The fraction of sp³-hybridized carbons (Fsp3) is 0.148. The first-order valence-corrected chi connectivity index (χ1v) is 11.6. The number of hydrogen-bond acceptors (Lipinski definition) is 4. The third kappa shape index (κ3) is 4.58. The molecule has 4 aromatic rings. The van der Waals surface area contributed by atoms with Crippen LogP contribution in [0.4, 0.5) is 5.82 Å². The molecule has 0 fully saturated rings. The number of nitrogens with one attached hydrogen (secondary N) is 1. The summed E-state index contributed by atoms with van der Waals surface area (Å²) in [6.07, 6.45) is 0.790. The zero-order valence-electron chi connectivity index (χ0n) is 17.8. The molecule has 0 saturated carbocycles. The van der Waals surface area contributed by atoms with Gasteiger partial charge in [0.2, 0.25) is 5.91 Å². The molecule has 2 N–H and O–H groups in total. The molecule has 164 valence electrons. The third-order valence-corrected chi connectivity index (χ3v) is 6.34. The Kier molecular flexibility index (Phi) is 6.03. The second-order valence-corrected chi connectivity index (χ2v) is 8.99. The number of amides is 1. The highest BCUT2D eigenvalue weighted by atomic mass is 79.9. The van der Waals surface area contributed by atoms with Crippen molar-refractivity contribution in [3.05, 3.63) is 111 Å². The standard InChI is InChI=1S/C27H22BrN3O2/c28-20-13-10-17(11-14-20)16-23(32)30-27-25(26(33)19-7-2-1-3-8-19)31-24-21-9-5-4-6-18(21)12-15-22(24)29-27/h1-11,13-14,26,33H,12,15-16H2,(H,29,30,32). The van der Waals surface area contributed by atoms with Crippen LogP contribution in [0.3, 0.4) is 0 Å². The van der Waals surface area contributed by atoms with Crippen LogP contribution in [0.5, 0.6) is 0 Å². The summed E-state index contributed by atoms with van der Waals surface area (Å²) in [5, 5.41) is 14.1. The summed E-state index contributed by atoms with van der Waals surface area (Å²) in [5.41, 5.74) is 5.78. The van der Waals surface area contributed by atoms with Crippen LogP contribution in [-0.4, -0.2) is 21.0 Å². The molecule has 1 heterocycles. The van der Waals surface area contributed by atoms with Gasteiger partial charge in [-0.3, -0.25) is 4.79 Å². The van der Waals surface area contributed by atoms with Crippen molar-refractivity contribution in [3.63, 3.8) is 0 Å². The van der Waals surface area contributed by atoms with E-state index in [0.29, 0.717) is 17.1 Å². The third-order valence-electron chi connectivity index (χ3n) is 5.81. The Morgan fingerprint density at radius 2 is 1.67 bits per heavy atom. The van der Waals surface area contributed by atoms with E-state index in [1.807, 2.05) is 72.8 Å². The van der Waals surface area contributed by atoms with Crippen molar-refractivity contribution in [2.45, 2.75) is 25.4 Å². The number of aliphatic hydroxyl groups is 1. The molecule has 1 atom stereocenters. The first kappa shape index (κ1) is 21.5. The van der Waals surface area contributed by atoms with E-state index in [9.17, 15) is 9.90 Å². The maximum Gasteiger partial charge on any atom is 0.229 e. The first-order valence-electron chi connectivity index (χ1n) is 10.8. The molecule has 0 aliphatic heterocycles. The topological polar surface area (TPSA) is 75.1 Å². The van der Waals surface area contributed by atoms with E-state index >= 15 is 0 Å². The lowest BCUT2D eigenvalue weighted by molar-refractivity contribution is -0.115. The maximum atomic E-state index is 12.9. The van der Waals surface area contributed by atoms with Gasteiger partial charge in [-0.1, -0.05) is 82.7 Å². The van der Waals surface area contributed by atoms with Crippen LogP contribution in [0.1, 0.15) is 34.2 Å². The summed E-state index contributed by atoms with van der Waals surface area (Å²) in [4.78, 5) is 22.5. The summed E-state index contributed by atoms with van der Waals surface area (Å²) in [7, 11) is 0. The van der Waals surface area contributed by atoms with Gasteiger partial charge in [-0.2, -0.15) is 0 Å². The number of carbonyl (C=O) groups is 1. The van der Waals surface area contributed by atoms with Crippen LogP contribution in [0.25, 0.3) is 11.3 Å². The van der Waals surface area contributed by atoms with E-state index in [4.69, 9.17) is 9.97 Å². The lowest BCUT2D eigenvalue weighted by Gasteiger charge is -2.22. The van der Waals surface area contributed by atoms with Gasteiger partial charge >= 0.3 is 0 Å². The van der Waals surface area contributed by atoms with E-state index < -0.39 is 6.10 Å². The summed E-state index contributed by atoms with van der Waals surface area (Å²) >= 11 is 3.41. The van der Waals surface area contributed by atoms with Gasteiger partial charge in [0.05, 0.1) is 17.8 Å². The second kappa shape index (κ2) is 9.25. The highest BCUT2D eigenvalue weighted by molar-refractivity contribution is 9.10. The fourth-order valence-electron chi connectivity index (χ4n) is 4.14. The molecular formula is C27H22BrN3O2. The number of aliphatic hydroxyl groups excluding tert-OH is 1. The molecule has 5 rings (SSSR count). The van der Waals surface area contributed by atoms with E-state index in [-0.39, 0.29) is 12.3 Å². The van der Waals surface area contributed by atoms with Crippen LogP contribution < -0.4 is 5.32 Å². The molecule has 0 saturated heterocycles. The number of benzene rings is 3. The van der Waals surface area contributed by atoms with E-state index in [0.717, 1.165) is 39.8 Å². The molecule has 0 radical (unpaired) electrons. The summed E-state index contributed by atoms with van der Waals surface area (Å²) in [6.45, 7) is 0. The molecule has 1 unspecified atom stereocenters. The van der Waals surface area contributed by atoms with Crippen LogP contribution in [0, 0.1) is 0 Å². The van der Waals surface area contributed by atoms with Crippen molar-refractivity contribution in [2.75, 3.05) is 5.32 Å². The number of anilines is 1. The zero-order valence-corrected chi connectivity index (χ0v) is 19.4. The van der Waals surface area contributed by atoms with Gasteiger partial charge in [-0.15, -0.1) is 0 Å². The van der Waals surface area contributed by atoms with Crippen LogP contribution in [-0.2, 0) is 24.1 Å². The molecule has 1 amide bonds. The van der Waals surface area contributed by atoms with Crippen molar-refractivity contribution >= 4 is 27.7 Å². The highest BCUT2D eigenvalue weighted by Crippen LogP contribution is 2.35.